The highest BCUT2D eigenvalue weighted by Crippen LogP contribution is 2.27. The van der Waals surface area contributed by atoms with E-state index in [0.717, 1.165) is 39.0 Å². The topological polar surface area (TPSA) is 73.6 Å². The second-order valence-corrected chi connectivity index (χ2v) is 7.31. The van der Waals surface area contributed by atoms with Crippen molar-refractivity contribution in [2.75, 3.05) is 6.54 Å². The molecular formula is C24H23FN4O. The summed E-state index contributed by atoms with van der Waals surface area (Å²) in [5.74, 6) is -0.413. The molecule has 0 unspecified atom stereocenters. The molecule has 1 amide bonds. The van der Waals surface area contributed by atoms with Crippen LogP contribution in [0.15, 0.2) is 54.7 Å². The standard InChI is InChI=1S/C24H23FN4O/c1-15-3-9-20(25)24-23(15)19(16(2)28-24)11-13-26-22(30)10-6-17-4-7-18(8-5-17)21-12-14-27-29-21/h3-10,12,14,28H,11,13H2,1-2H3,(H,26,30)(H,27,29). The van der Waals surface area contributed by atoms with Crippen molar-refractivity contribution < 1.29 is 9.18 Å². The van der Waals surface area contributed by atoms with E-state index in [1.165, 1.54) is 12.1 Å². The second kappa shape index (κ2) is 8.37. The summed E-state index contributed by atoms with van der Waals surface area (Å²) in [6, 6.07) is 13.0. The first-order valence-corrected chi connectivity index (χ1v) is 9.85. The zero-order valence-corrected chi connectivity index (χ0v) is 16.9. The van der Waals surface area contributed by atoms with Crippen molar-refractivity contribution in [2.24, 2.45) is 0 Å². The van der Waals surface area contributed by atoms with Crippen molar-refractivity contribution in [3.05, 3.63) is 82.9 Å². The second-order valence-electron chi connectivity index (χ2n) is 7.31. The summed E-state index contributed by atoms with van der Waals surface area (Å²) in [7, 11) is 0. The van der Waals surface area contributed by atoms with E-state index in [9.17, 15) is 9.18 Å². The molecule has 0 aliphatic heterocycles. The summed E-state index contributed by atoms with van der Waals surface area (Å²) < 4.78 is 14.1. The molecule has 0 aliphatic rings. The number of rotatable bonds is 6. The first kappa shape index (κ1) is 19.6. The van der Waals surface area contributed by atoms with Gasteiger partial charge in [-0.15, -0.1) is 0 Å². The molecule has 0 bridgehead atoms. The van der Waals surface area contributed by atoms with Gasteiger partial charge in [0.15, 0.2) is 0 Å². The molecule has 0 radical (unpaired) electrons. The van der Waals surface area contributed by atoms with Crippen LogP contribution >= 0.6 is 0 Å². The predicted octanol–water partition coefficient (Wildman–Crippen LogP) is 4.69. The highest BCUT2D eigenvalue weighted by atomic mass is 19.1. The summed E-state index contributed by atoms with van der Waals surface area (Å²) in [6.07, 6.45) is 5.65. The van der Waals surface area contributed by atoms with E-state index < -0.39 is 0 Å². The highest BCUT2D eigenvalue weighted by Gasteiger charge is 2.13. The number of H-pyrrole nitrogens is 2. The van der Waals surface area contributed by atoms with Crippen LogP contribution in [-0.2, 0) is 11.2 Å². The van der Waals surface area contributed by atoms with E-state index in [4.69, 9.17) is 0 Å². The quantitative estimate of drug-likeness (QED) is 0.410. The Morgan fingerprint density at radius 2 is 1.93 bits per heavy atom. The molecule has 0 atom stereocenters. The molecule has 4 aromatic rings. The smallest absolute Gasteiger partial charge is 0.244 e. The van der Waals surface area contributed by atoms with Gasteiger partial charge in [0.1, 0.15) is 5.82 Å². The van der Waals surface area contributed by atoms with Gasteiger partial charge in [-0.1, -0.05) is 30.3 Å². The van der Waals surface area contributed by atoms with Crippen LogP contribution in [0.25, 0.3) is 28.2 Å². The minimum atomic E-state index is -0.254. The van der Waals surface area contributed by atoms with Crippen LogP contribution < -0.4 is 5.32 Å². The van der Waals surface area contributed by atoms with Crippen molar-refractivity contribution in [3.63, 3.8) is 0 Å². The molecule has 0 saturated heterocycles. The molecule has 5 nitrogen and oxygen atoms in total. The third-order valence-corrected chi connectivity index (χ3v) is 5.25. The van der Waals surface area contributed by atoms with E-state index in [2.05, 4.69) is 20.5 Å². The maximum absolute atomic E-state index is 14.1. The largest absolute Gasteiger partial charge is 0.356 e. The van der Waals surface area contributed by atoms with E-state index >= 15 is 0 Å². The van der Waals surface area contributed by atoms with Gasteiger partial charge in [-0.25, -0.2) is 4.39 Å². The SMILES string of the molecule is Cc1[nH]c2c(F)ccc(C)c2c1CCNC(=O)C=Cc1ccc(-c2ccn[nH]2)cc1. The summed E-state index contributed by atoms with van der Waals surface area (Å²) in [6.45, 7) is 4.38. The Hall–Kier alpha value is -3.67. The molecule has 0 saturated carbocycles. The van der Waals surface area contributed by atoms with Crippen molar-refractivity contribution in [1.29, 1.82) is 0 Å². The van der Waals surface area contributed by atoms with E-state index in [-0.39, 0.29) is 11.7 Å². The van der Waals surface area contributed by atoms with Crippen LogP contribution in [0.5, 0.6) is 0 Å². The molecule has 0 aliphatic carbocycles. The first-order chi connectivity index (χ1) is 14.5. The fourth-order valence-corrected chi connectivity index (χ4v) is 3.69. The monoisotopic (exact) mass is 402 g/mol. The van der Waals surface area contributed by atoms with Crippen molar-refractivity contribution in [3.8, 4) is 11.3 Å². The van der Waals surface area contributed by atoms with Crippen LogP contribution in [-0.4, -0.2) is 27.6 Å². The van der Waals surface area contributed by atoms with Gasteiger partial charge in [0.25, 0.3) is 0 Å². The Morgan fingerprint density at radius 1 is 1.13 bits per heavy atom. The summed E-state index contributed by atoms with van der Waals surface area (Å²) in [5.41, 5.74) is 6.46. The highest BCUT2D eigenvalue weighted by molar-refractivity contribution is 5.92. The number of carbonyl (C=O) groups is 1. The lowest BCUT2D eigenvalue weighted by Gasteiger charge is -2.05. The molecule has 3 N–H and O–H groups in total. The molecule has 2 aromatic carbocycles. The van der Waals surface area contributed by atoms with E-state index in [0.29, 0.717) is 18.5 Å². The molecule has 2 heterocycles. The Bertz CT molecular complexity index is 1200. The molecule has 30 heavy (non-hydrogen) atoms. The lowest BCUT2D eigenvalue weighted by atomic mass is 10.0. The van der Waals surface area contributed by atoms with E-state index in [1.54, 1.807) is 18.3 Å². The Morgan fingerprint density at radius 3 is 2.67 bits per heavy atom. The fourth-order valence-electron chi connectivity index (χ4n) is 3.69. The Balaban J connectivity index is 1.36. The lowest BCUT2D eigenvalue weighted by Crippen LogP contribution is -2.23. The number of amides is 1. The van der Waals surface area contributed by atoms with Gasteiger partial charge in [-0.05, 0) is 60.7 Å². The maximum atomic E-state index is 14.1. The number of hydrogen-bond acceptors (Lipinski definition) is 2. The summed E-state index contributed by atoms with van der Waals surface area (Å²) >= 11 is 0. The molecule has 6 heteroatoms. The minimum absolute atomic E-state index is 0.159. The Labute approximate surface area is 174 Å². The van der Waals surface area contributed by atoms with Crippen LogP contribution in [0.4, 0.5) is 4.39 Å². The number of carbonyl (C=O) groups excluding carboxylic acids is 1. The third-order valence-electron chi connectivity index (χ3n) is 5.25. The number of halogens is 1. The Kier molecular flexibility index (Phi) is 5.48. The summed E-state index contributed by atoms with van der Waals surface area (Å²) in [4.78, 5) is 15.3. The van der Waals surface area contributed by atoms with Crippen molar-refractivity contribution in [1.82, 2.24) is 20.5 Å². The average Bonchev–Trinajstić information content (AvgIpc) is 3.39. The van der Waals surface area contributed by atoms with E-state index in [1.807, 2.05) is 44.2 Å². The molecule has 4 rings (SSSR count). The average molecular weight is 402 g/mol. The van der Waals surface area contributed by atoms with Gasteiger partial charge < -0.3 is 10.3 Å². The number of nitrogens with zero attached hydrogens (tertiary/aromatic N) is 1. The third kappa shape index (κ3) is 4.03. The minimum Gasteiger partial charge on any atom is -0.356 e. The normalized spacial score (nSPS) is 11.4. The van der Waals surface area contributed by atoms with Gasteiger partial charge in [-0.2, -0.15) is 5.10 Å². The lowest BCUT2D eigenvalue weighted by molar-refractivity contribution is -0.116. The molecule has 152 valence electrons. The zero-order chi connectivity index (χ0) is 21.1. The number of hydrogen-bond donors (Lipinski definition) is 3. The van der Waals surface area contributed by atoms with Crippen LogP contribution in [0, 0.1) is 19.7 Å². The number of nitrogens with one attached hydrogen (secondary N) is 3. The number of aromatic nitrogens is 3. The van der Waals surface area contributed by atoms with Gasteiger partial charge in [0.2, 0.25) is 5.91 Å². The molecule has 0 fully saturated rings. The number of aromatic amines is 2. The first-order valence-electron chi connectivity index (χ1n) is 9.85. The van der Waals surface area contributed by atoms with Crippen LogP contribution in [0.1, 0.15) is 22.4 Å². The van der Waals surface area contributed by atoms with Crippen molar-refractivity contribution in [2.45, 2.75) is 20.3 Å². The maximum Gasteiger partial charge on any atom is 0.244 e. The van der Waals surface area contributed by atoms with Crippen LogP contribution in [0.2, 0.25) is 0 Å². The van der Waals surface area contributed by atoms with Gasteiger partial charge in [0.05, 0.1) is 11.2 Å². The number of benzene rings is 2. The van der Waals surface area contributed by atoms with Crippen LogP contribution in [0.3, 0.4) is 0 Å². The van der Waals surface area contributed by atoms with Gasteiger partial charge in [0, 0.05) is 29.9 Å². The van der Waals surface area contributed by atoms with Gasteiger partial charge >= 0.3 is 0 Å². The molecule has 2 aromatic heterocycles. The number of fused-ring (bicyclic) bond motifs is 1. The van der Waals surface area contributed by atoms with Gasteiger partial charge in [-0.3, -0.25) is 9.89 Å². The zero-order valence-electron chi connectivity index (χ0n) is 16.9. The van der Waals surface area contributed by atoms with Crippen molar-refractivity contribution >= 4 is 22.9 Å². The molecule has 0 spiro atoms. The molecular weight excluding hydrogens is 379 g/mol. The predicted molar refractivity (Wildman–Crippen MR) is 118 cm³/mol. The number of aryl methyl sites for hydroxylation is 2. The fraction of sp³-hybridized carbons (Fsp3) is 0.167. The summed E-state index contributed by atoms with van der Waals surface area (Å²) in [5, 5.41) is 10.7.